The Balaban J connectivity index is 2.51. The molecule has 2 rings (SSSR count). The average molecular weight is 215 g/mol. The smallest absolute Gasteiger partial charge is 0.120 e. The van der Waals surface area contributed by atoms with Gasteiger partial charge in [-0.2, -0.15) is 0 Å². The molecule has 1 aromatic carbocycles. The van der Waals surface area contributed by atoms with Crippen molar-refractivity contribution in [2.24, 2.45) is 7.05 Å². The number of hydrogen-bond acceptors (Lipinski definition) is 1. The Morgan fingerprint density at radius 1 is 1.44 bits per heavy atom. The normalized spacial score (nSPS) is 12.9. The van der Waals surface area contributed by atoms with E-state index in [2.05, 4.69) is 49.9 Å². The Bertz CT molecular complexity index is 525. The van der Waals surface area contributed by atoms with Crippen molar-refractivity contribution in [3.8, 4) is 0 Å². The van der Waals surface area contributed by atoms with E-state index in [0.717, 1.165) is 6.29 Å². The lowest BCUT2D eigenvalue weighted by Crippen LogP contribution is -1.94. The fraction of sp³-hybridized carbons (Fsp3) is 0.357. The minimum absolute atomic E-state index is 0.307. The van der Waals surface area contributed by atoms with Gasteiger partial charge >= 0.3 is 0 Å². The van der Waals surface area contributed by atoms with E-state index >= 15 is 0 Å². The largest absolute Gasteiger partial charge is 0.350 e. The maximum Gasteiger partial charge on any atom is 0.120 e. The lowest BCUT2D eigenvalue weighted by atomic mass is 9.97. The highest BCUT2D eigenvalue weighted by atomic mass is 16.1. The summed E-state index contributed by atoms with van der Waals surface area (Å²) in [5, 5.41) is 1.29. The molecule has 0 aliphatic heterocycles. The molecule has 0 saturated heterocycles. The van der Waals surface area contributed by atoms with E-state index in [1.807, 2.05) is 0 Å². The standard InChI is InChI=1S/C14H17NO/c1-10(6-7-16)12-4-5-14-13(8-12)11(2)9-15(14)3/h4-5,7-10H,6H2,1-3H3. The van der Waals surface area contributed by atoms with Gasteiger partial charge in [-0.25, -0.2) is 0 Å². The van der Waals surface area contributed by atoms with Crippen molar-refractivity contribution >= 4 is 17.2 Å². The van der Waals surface area contributed by atoms with Gasteiger partial charge in [-0.15, -0.1) is 0 Å². The number of nitrogens with zero attached hydrogens (tertiary/aromatic N) is 1. The third-order valence-corrected chi connectivity index (χ3v) is 3.23. The van der Waals surface area contributed by atoms with Crippen molar-refractivity contribution in [1.82, 2.24) is 4.57 Å². The SMILES string of the molecule is Cc1cn(C)c2ccc(C(C)CC=O)cc12. The molecule has 0 aliphatic carbocycles. The number of aldehydes is 1. The van der Waals surface area contributed by atoms with Gasteiger partial charge in [0.25, 0.3) is 0 Å². The molecule has 0 saturated carbocycles. The molecule has 1 atom stereocenters. The van der Waals surface area contributed by atoms with Crippen LogP contribution in [0.5, 0.6) is 0 Å². The average Bonchev–Trinajstić information content (AvgIpc) is 2.55. The molecule has 0 radical (unpaired) electrons. The second kappa shape index (κ2) is 4.12. The Hall–Kier alpha value is -1.57. The summed E-state index contributed by atoms with van der Waals surface area (Å²) >= 11 is 0. The van der Waals surface area contributed by atoms with Crippen molar-refractivity contribution < 1.29 is 4.79 Å². The molecule has 0 N–H and O–H groups in total. The number of carbonyl (C=O) groups is 1. The van der Waals surface area contributed by atoms with Gasteiger partial charge in [0.05, 0.1) is 0 Å². The van der Waals surface area contributed by atoms with Gasteiger partial charge in [-0.3, -0.25) is 0 Å². The topological polar surface area (TPSA) is 22.0 Å². The van der Waals surface area contributed by atoms with Gasteiger partial charge in [-0.1, -0.05) is 13.0 Å². The van der Waals surface area contributed by atoms with E-state index in [1.165, 1.54) is 22.0 Å². The molecule has 2 heteroatoms. The van der Waals surface area contributed by atoms with E-state index < -0.39 is 0 Å². The number of fused-ring (bicyclic) bond motifs is 1. The van der Waals surface area contributed by atoms with E-state index in [-0.39, 0.29) is 0 Å². The summed E-state index contributed by atoms with van der Waals surface area (Å²) in [5.74, 6) is 0.307. The van der Waals surface area contributed by atoms with Crippen LogP contribution in [0.15, 0.2) is 24.4 Å². The fourth-order valence-corrected chi connectivity index (χ4v) is 2.19. The molecular weight excluding hydrogens is 198 g/mol. The fourth-order valence-electron chi connectivity index (χ4n) is 2.19. The third kappa shape index (κ3) is 1.75. The molecular formula is C14H17NO. The van der Waals surface area contributed by atoms with Gasteiger partial charge < -0.3 is 9.36 Å². The first-order valence-electron chi connectivity index (χ1n) is 5.62. The molecule has 1 aromatic heterocycles. The van der Waals surface area contributed by atoms with Crippen LogP contribution < -0.4 is 0 Å². The third-order valence-electron chi connectivity index (χ3n) is 3.23. The zero-order chi connectivity index (χ0) is 11.7. The van der Waals surface area contributed by atoms with Gasteiger partial charge in [-0.05, 0) is 36.1 Å². The lowest BCUT2D eigenvalue weighted by Gasteiger charge is -2.08. The second-order valence-corrected chi connectivity index (χ2v) is 4.50. The van der Waals surface area contributed by atoms with Crippen LogP contribution in [0.2, 0.25) is 0 Å². The van der Waals surface area contributed by atoms with Crippen LogP contribution in [0.25, 0.3) is 10.9 Å². The zero-order valence-electron chi connectivity index (χ0n) is 10.0. The van der Waals surface area contributed by atoms with E-state index in [4.69, 9.17) is 0 Å². The lowest BCUT2D eigenvalue weighted by molar-refractivity contribution is -0.108. The summed E-state index contributed by atoms with van der Waals surface area (Å²) < 4.78 is 2.14. The summed E-state index contributed by atoms with van der Waals surface area (Å²) in [4.78, 5) is 10.5. The first-order valence-corrected chi connectivity index (χ1v) is 5.62. The Morgan fingerprint density at radius 3 is 2.88 bits per heavy atom. The first kappa shape index (κ1) is 10.9. The summed E-state index contributed by atoms with van der Waals surface area (Å²) in [6.45, 7) is 4.21. The molecule has 0 aliphatic rings. The van der Waals surface area contributed by atoms with Crippen LogP contribution in [0, 0.1) is 6.92 Å². The molecule has 2 nitrogen and oxygen atoms in total. The van der Waals surface area contributed by atoms with Crippen LogP contribution in [0.3, 0.4) is 0 Å². The monoisotopic (exact) mass is 215 g/mol. The minimum atomic E-state index is 0.307. The first-order chi connectivity index (χ1) is 7.63. The maximum atomic E-state index is 10.5. The Kier molecular flexibility index (Phi) is 2.82. The summed E-state index contributed by atoms with van der Waals surface area (Å²) in [7, 11) is 2.06. The summed E-state index contributed by atoms with van der Waals surface area (Å²) in [5.41, 5.74) is 3.78. The molecule has 1 heterocycles. The van der Waals surface area contributed by atoms with E-state index in [9.17, 15) is 4.79 Å². The van der Waals surface area contributed by atoms with Crippen molar-refractivity contribution in [1.29, 1.82) is 0 Å². The number of aryl methyl sites for hydroxylation is 2. The molecule has 0 fully saturated rings. The van der Waals surface area contributed by atoms with Crippen LogP contribution >= 0.6 is 0 Å². The van der Waals surface area contributed by atoms with Crippen molar-refractivity contribution in [3.63, 3.8) is 0 Å². The molecule has 0 spiro atoms. The van der Waals surface area contributed by atoms with Gasteiger partial charge in [0.15, 0.2) is 0 Å². The molecule has 16 heavy (non-hydrogen) atoms. The van der Waals surface area contributed by atoms with E-state index in [0.29, 0.717) is 12.3 Å². The highest BCUT2D eigenvalue weighted by molar-refractivity contribution is 5.84. The summed E-state index contributed by atoms with van der Waals surface area (Å²) in [6.07, 6.45) is 3.73. The second-order valence-electron chi connectivity index (χ2n) is 4.50. The predicted molar refractivity (Wildman–Crippen MR) is 66.8 cm³/mol. The van der Waals surface area contributed by atoms with Crippen LogP contribution in [-0.4, -0.2) is 10.9 Å². The quantitative estimate of drug-likeness (QED) is 0.721. The summed E-state index contributed by atoms with van der Waals surface area (Å²) in [6, 6.07) is 6.47. The Labute approximate surface area is 95.9 Å². The van der Waals surface area contributed by atoms with Gasteiger partial charge in [0, 0.05) is 30.6 Å². The number of rotatable bonds is 3. The van der Waals surface area contributed by atoms with Crippen LogP contribution in [-0.2, 0) is 11.8 Å². The predicted octanol–water partition coefficient (Wildman–Crippen LogP) is 3.18. The zero-order valence-corrected chi connectivity index (χ0v) is 10.0. The molecule has 0 amide bonds. The minimum Gasteiger partial charge on any atom is -0.350 e. The number of carbonyl (C=O) groups excluding carboxylic acids is 1. The van der Waals surface area contributed by atoms with Crippen molar-refractivity contribution in [2.45, 2.75) is 26.2 Å². The maximum absolute atomic E-state index is 10.5. The van der Waals surface area contributed by atoms with Gasteiger partial charge in [0.1, 0.15) is 6.29 Å². The number of benzene rings is 1. The van der Waals surface area contributed by atoms with Gasteiger partial charge in [0.2, 0.25) is 0 Å². The molecule has 84 valence electrons. The molecule has 0 bridgehead atoms. The van der Waals surface area contributed by atoms with Crippen molar-refractivity contribution in [2.75, 3.05) is 0 Å². The van der Waals surface area contributed by atoms with E-state index in [1.54, 1.807) is 0 Å². The Morgan fingerprint density at radius 2 is 2.19 bits per heavy atom. The number of aromatic nitrogens is 1. The highest BCUT2D eigenvalue weighted by Crippen LogP contribution is 2.26. The van der Waals surface area contributed by atoms with Crippen LogP contribution in [0.1, 0.15) is 30.4 Å². The van der Waals surface area contributed by atoms with Crippen molar-refractivity contribution in [3.05, 3.63) is 35.5 Å². The molecule has 2 aromatic rings. The highest BCUT2D eigenvalue weighted by Gasteiger charge is 2.08. The number of hydrogen-bond donors (Lipinski definition) is 0. The van der Waals surface area contributed by atoms with Crippen LogP contribution in [0.4, 0.5) is 0 Å². The molecule has 1 unspecified atom stereocenters.